The van der Waals surface area contributed by atoms with E-state index in [0.29, 0.717) is 21.9 Å². The van der Waals surface area contributed by atoms with Crippen molar-refractivity contribution in [2.75, 3.05) is 5.73 Å². The minimum absolute atomic E-state index is 0.226. The molecular weight excluding hydrogens is 276 g/mol. The largest absolute Gasteiger partial charge is 0.397 e. The SMILES string of the molecule is Cn1ccc(CNC(=O)c2sc3nnccc3c2N)n1. The Bertz CT molecular complexity index is 777. The Labute approximate surface area is 118 Å². The van der Waals surface area contributed by atoms with Gasteiger partial charge in [-0.25, -0.2) is 0 Å². The van der Waals surface area contributed by atoms with Crippen LogP contribution in [0.5, 0.6) is 0 Å². The molecule has 0 aromatic carbocycles. The van der Waals surface area contributed by atoms with Crippen molar-refractivity contribution in [3.63, 3.8) is 0 Å². The van der Waals surface area contributed by atoms with E-state index in [-0.39, 0.29) is 5.91 Å². The van der Waals surface area contributed by atoms with E-state index >= 15 is 0 Å². The number of carbonyl (C=O) groups excluding carboxylic acids is 1. The normalized spacial score (nSPS) is 10.8. The number of carbonyl (C=O) groups is 1. The zero-order valence-corrected chi connectivity index (χ0v) is 11.5. The highest BCUT2D eigenvalue weighted by molar-refractivity contribution is 7.21. The molecule has 0 saturated carbocycles. The molecule has 0 aliphatic heterocycles. The van der Waals surface area contributed by atoms with Crippen LogP contribution in [-0.2, 0) is 13.6 Å². The number of thiophene rings is 1. The van der Waals surface area contributed by atoms with Gasteiger partial charge in [0.2, 0.25) is 0 Å². The van der Waals surface area contributed by atoms with Crippen LogP contribution in [0, 0.1) is 0 Å². The first-order valence-electron chi connectivity index (χ1n) is 5.91. The predicted molar refractivity (Wildman–Crippen MR) is 76.2 cm³/mol. The molecule has 3 heterocycles. The van der Waals surface area contributed by atoms with Crippen LogP contribution in [0.15, 0.2) is 24.5 Å². The first-order valence-corrected chi connectivity index (χ1v) is 6.73. The van der Waals surface area contributed by atoms with E-state index in [0.717, 1.165) is 11.1 Å². The van der Waals surface area contributed by atoms with Gasteiger partial charge >= 0.3 is 0 Å². The first-order chi connectivity index (χ1) is 9.65. The van der Waals surface area contributed by atoms with Crippen LogP contribution in [0.2, 0.25) is 0 Å². The van der Waals surface area contributed by atoms with Crippen LogP contribution in [-0.4, -0.2) is 25.9 Å². The molecule has 3 rings (SSSR count). The van der Waals surface area contributed by atoms with Crippen molar-refractivity contribution < 1.29 is 4.79 Å². The van der Waals surface area contributed by atoms with Crippen molar-refractivity contribution in [3.05, 3.63) is 35.1 Å². The molecular formula is C12H12N6OS. The highest BCUT2D eigenvalue weighted by Crippen LogP contribution is 2.31. The van der Waals surface area contributed by atoms with Gasteiger partial charge in [-0.05, 0) is 12.1 Å². The molecule has 8 heteroatoms. The van der Waals surface area contributed by atoms with Gasteiger partial charge in [0.15, 0.2) is 0 Å². The number of aryl methyl sites for hydroxylation is 1. The molecule has 7 nitrogen and oxygen atoms in total. The van der Waals surface area contributed by atoms with Gasteiger partial charge in [-0.1, -0.05) is 0 Å². The molecule has 3 aromatic heterocycles. The average molecular weight is 288 g/mol. The molecule has 0 bridgehead atoms. The second kappa shape index (κ2) is 4.89. The van der Waals surface area contributed by atoms with Gasteiger partial charge in [0.05, 0.1) is 24.1 Å². The zero-order valence-electron chi connectivity index (χ0n) is 10.7. The van der Waals surface area contributed by atoms with E-state index in [1.807, 2.05) is 19.3 Å². The van der Waals surface area contributed by atoms with E-state index in [1.54, 1.807) is 16.9 Å². The molecule has 1 amide bonds. The smallest absolute Gasteiger partial charge is 0.263 e. The maximum atomic E-state index is 12.2. The van der Waals surface area contributed by atoms with E-state index < -0.39 is 0 Å². The molecule has 102 valence electrons. The number of rotatable bonds is 3. The van der Waals surface area contributed by atoms with Gasteiger partial charge in [-0.15, -0.1) is 16.4 Å². The highest BCUT2D eigenvalue weighted by Gasteiger charge is 2.17. The van der Waals surface area contributed by atoms with Gasteiger partial charge in [0, 0.05) is 18.6 Å². The summed E-state index contributed by atoms with van der Waals surface area (Å²) >= 11 is 1.24. The molecule has 0 atom stereocenters. The first kappa shape index (κ1) is 12.5. The molecule has 3 N–H and O–H groups in total. The lowest BCUT2D eigenvalue weighted by molar-refractivity contribution is 0.0955. The third-order valence-electron chi connectivity index (χ3n) is 2.83. The van der Waals surface area contributed by atoms with Crippen molar-refractivity contribution in [1.82, 2.24) is 25.3 Å². The van der Waals surface area contributed by atoms with Crippen LogP contribution in [0.1, 0.15) is 15.4 Å². The maximum Gasteiger partial charge on any atom is 0.263 e. The molecule has 0 aliphatic carbocycles. The topological polar surface area (TPSA) is 98.7 Å². The second-order valence-corrected chi connectivity index (χ2v) is 5.26. The summed E-state index contributed by atoms with van der Waals surface area (Å²) in [6, 6.07) is 3.60. The Morgan fingerprint density at radius 1 is 1.50 bits per heavy atom. The molecule has 0 fully saturated rings. The number of nitrogens with one attached hydrogen (secondary N) is 1. The zero-order chi connectivity index (χ0) is 14.1. The summed E-state index contributed by atoms with van der Waals surface area (Å²) in [6.07, 6.45) is 3.38. The van der Waals surface area contributed by atoms with Crippen molar-refractivity contribution in [2.45, 2.75) is 6.54 Å². The number of fused-ring (bicyclic) bond motifs is 1. The summed E-state index contributed by atoms with van der Waals surface area (Å²) in [5.74, 6) is -0.226. The highest BCUT2D eigenvalue weighted by atomic mass is 32.1. The lowest BCUT2D eigenvalue weighted by Crippen LogP contribution is -2.23. The standard InChI is InChI=1S/C12H12N6OS/c1-18-5-3-7(17-18)6-14-11(19)10-9(13)8-2-4-15-16-12(8)20-10/h2-5H,6,13H2,1H3,(H,14,19). The van der Waals surface area contributed by atoms with E-state index in [2.05, 4.69) is 20.6 Å². The molecule has 0 radical (unpaired) electrons. The number of amides is 1. The fraction of sp³-hybridized carbons (Fsp3) is 0.167. The fourth-order valence-electron chi connectivity index (χ4n) is 1.85. The van der Waals surface area contributed by atoms with Crippen LogP contribution >= 0.6 is 11.3 Å². The summed E-state index contributed by atoms with van der Waals surface area (Å²) in [5.41, 5.74) is 7.21. The van der Waals surface area contributed by atoms with Gasteiger partial charge < -0.3 is 11.1 Å². The second-order valence-electron chi connectivity index (χ2n) is 4.26. The van der Waals surface area contributed by atoms with Crippen molar-refractivity contribution in [3.8, 4) is 0 Å². The predicted octanol–water partition coefficient (Wildman–Crippen LogP) is 0.937. The molecule has 0 spiro atoms. The summed E-state index contributed by atoms with van der Waals surface area (Å²) in [5, 5.41) is 15.5. The molecule has 0 aliphatic rings. The summed E-state index contributed by atoms with van der Waals surface area (Å²) < 4.78 is 1.69. The monoisotopic (exact) mass is 288 g/mol. The number of nitrogens with zero attached hydrogens (tertiary/aromatic N) is 4. The Balaban J connectivity index is 1.80. The van der Waals surface area contributed by atoms with Crippen molar-refractivity contribution in [1.29, 1.82) is 0 Å². The lowest BCUT2D eigenvalue weighted by Gasteiger charge is -2.01. The Kier molecular flexibility index (Phi) is 3.07. The van der Waals surface area contributed by atoms with Gasteiger partial charge in [-0.2, -0.15) is 10.2 Å². The number of hydrogen-bond acceptors (Lipinski definition) is 6. The average Bonchev–Trinajstić information content (AvgIpc) is 3.01. The van der Waals surface area contributed by atoms with Crippen LogP contribution < -0.4 is 11.1 Å². The third kappa shape index (κ3) is 2.21. The number of anilines is 1. The quantitative estimate of drug-likeness (QED) is 0.747. The van der Waals surface area contributed by atoms with Crippen LogP contribution in [0.25, 0.3) is 10.2 Å². The summed E-state index contributed by atoms with van der Waals surface area (Å²) in [4.78, 5) is 13.3. The van der Waals surface area contributed by atoms with E-state index in [1.165, 1.54) is 11.3 Å². The van der Waals surface area contributed by atoms with Crippen molar-refractivity contribution in [2.24, 2.45) is 7.05 Å². The number of aromatic nitrogens is 4. The van der Waals surface area contributed by atoms with E-state index in [4.69, 9.17) is 5.73 Å². The van der Waals surface area contributed by atoms with Crippen LogP contribution in [0.3, 0.4) is 0 Å². The van der Waals surface area contributed by atoms with Gasteiger partial charge in [-0.3, -0.25) is 9.48 Å². The van der Waals surface area contributed by atoms with Crippen LogP contribution in [0.4, 0.5) is 5.69 Å². The molecule has 20 heavy (non-hydrogen) atoms. The Hall–Kier alpha value is -2.48. The van der Waals surface area contributed by atoms with Gasteiger partial charge in [0.25, 0.3) is 5.91 Å². The number of hydrogen-bond donors (Lipinski definition) is 2. The van der Waals surface area contributed by atoms with Crippen molar-refractivity contribution >= 4 is 33.1 Å². The summed E-state index contributed by atoms with van der Waals surface area (Å²) in [6.45, 7) is 0.360. The fourth-order valence-corrected chi connectivity index (χ4v) is 2.80. The molecule has 3 aromatic rings. The Morgan fingerprint density at radius 3 is 3.05 bits per heavy atom. The van der Waals surface area contributed by atoms with Gasteiger partial charge in [0.1, 0.15) is 9.71 Å². The number of nitrogen functional groups attached to an aromatic ring is 1. The molecule has 0 unspecified atom stereocenters. The Morgan fingerprint density at radius 2 is 2.35 bits per heavy atom. The minimum Gasteiger partial charge on any atom is -0.397 e. The maximum absolute atomic E-state index is 12.2. The number of nitrogens with two attached hydrogens (primary N) is 1. The molecule has 0 saturated heterocycles. The minimum atomic E-state index is -0.226. The van der Waals surface area contributed by atoms with E-state index in [9.17, 15) is 4.79 Å². The summed E-state index contributed by atoms with van der Waals surface area (Å²) in [7, 11) is 1.83. The lowest BCUT2D eigenvalue weighted by atomic mass is 10.3. The third-order valence-corrected chi connectivity index (χ3v) is 3.93.